The van der Waals surface area contributed by atoms with Crippen LogP contribution in [-0.2, 0) is 19.1 Å². The number of ether oxygens (including phenoxy) is 2. The standard InChI is InChI=1S/C18H23N3O5S/c1-2-25-17(23)14-11-26-18(24)21(14)13-6-9-20(10-7-13)16(22)12-27-15-5-3-4-8-19-15/h3-5,8,13-14H,2,6-7,9-12H2,1H3. The number of carbonyl (C=O) groups excluding carboxylic acids is 3. The summed E-state index contributed by atoms with van der Waals surface area (Å²) in [4.78, 5) is 44.0. The van der Waals surface area contributed by atoms with E-state index in [1.54, 1.807) is 18.0 Å². The van der Waals surface area contributed by atoms with Gasteiger partial charge in [-0.2, -0.15) is 0 Å². The summed E-state index contributed by atoms with van der Waals surface area (Å²) in [6.45, 7) is 3.11. The van der Waals surface area contributed by atoms with Gasteiger partial charge < -0.3 is 14.4 Å². The summed E-state index contributed by atoms with van der Waals surface area (Å²) in [7, 11) is 0. The highest BCUT2D eigenvalue weighted by atomic mass is 32.2. The normalized spacial score (nSPS) is 20.5. The number of amides is 2. The lowest BCUT2D eigenvalue weighted by atomic mass is 10.0. The molecule has 0 radical (unpaired) electrons. The number of pyridine rings is 1. The number of thioether (sulfide) groups is 1. The van der Waals surface area contributed by atoms with Crippen molar-refractivity contribution in [1.82, 2.24) is 14.8 Å². The number of carbonyl (C=O) groups is 3. The van der Waals surface area contributed by atoms with Gasteiger partial charge in [0.05, 0.1) is 17.4 Å². The Labute approximate surface area is 162 Å². The number of esters is 1. The van der Waals surface area contributed by atoms with Gasteiger partial charge in [-0.05, 0) is 31.9 Å². The number of nitrogens with zero attached hydrogens (tertiary/aromatic N) is 3. The molecule has 3 rings (SSSR count). The van der Waals surface area contributed by atoms with E-state index < -0.39 is 18.1 Å². The van der Waals surface area contributed by atoms with Crippen LogP contribution in [-0.4, -0.2) is 76.9 Å². The van der Waals surface area contributed by atoms with Gasteiger partial charge in [0.2, 0.25) is 5.91 Å². The summed E-state index contributed by atoms with van der Waals surface area (Å²) >= 11 is 1.41. The molecule has 2 fully saturated rings. The van der Waals surface area contributed by atoms with Crippen molar-refractivity contribution in [2.24, 2.45) is 0 Å². The first-order valence-corrected chi connectivity index (χ1v) is 10.0. The van der Waals surface area contributed by atoms with Crippen molar-refractivity contribution in [3.63, 3.8) is 0 Å². The lowest BCUT2D eigenvalue weighted by molar-refractivity contribution is -0.148. The third-order valence-corrected chi connectivity index (χ3v) is 5.59. The van der Waals surface area contributed by atoms with Gasteiger partial charge in [-0.3, -0.25) is 9.69 Å². The van der Waals surface area contributed by atoms with E-state index in [2.05, 4.69) is 4.98 Å². The minimum absolute atomic E-state index is 0.0253. The van der Waals surface area contributed by atoms with E-state index in [0.717, 1.165) is 5.03 Å². The molecule has 2 aliphatic rings. The molecule has 8 nitrogen and oxygen atoms in total. The van der Waals surface area contributed by atoms with Crippen LogP contribution in [0.4, 0.5) is 4.79 Å². The maximum Gasteiger partial charge on any atom is 0.410 e. The fraction of sp³-hybridized carbons (Fsp3) is 0.556. The van der Waals surface area contributed by atoms with Crippen molar-refractivity contribution in [2.45, 2.75) is 36.9 Å². The summed E-state index contributed by atoms with van der Waals surface area (Å²) in [5, 5.41) is 0.817. The molecule has 1 aromatic heterocycles. The SMILES string of the molecule is CCOC(=O)C1COC(=O)N1C1CCN(C(=O)CSc2ccccn2)CC1. The molecule has 0 aromatic carbocycles. The monoisotopic (exact) mass is 393 g/mol. The van der Waals surface area contributed by atoms with Gasteiger partial charge in [-0.25, -0.2) is 14.6 Å². The molecular formula is C18H23N3O5S. The van der Waals surface area contributed by atoms with Gasteiger partial charge in [0.1, 0.15) is 6.61 Å². The van der Waals surface area contributed by atoms with Crippen LogP contribution in [0.2, 0.25) is 0 Å². The summed E-state index contributed by atoms with van der Waals surface area (Å²) in [6.07, 6.45) is 2.45. The van der Waals surface area contributed by atoms with Gasteiger partial charge >= 0.3 is 12.1 Å². The molecule has 2 saturated heterocycles. The highest BCUT2D eigenvalue weighted by molar-refractivity contribution is 7.99. The summed E-state index contributed by atoms with van der Waals surface area (Å²) in [6, 6.07) is 4.79. The number of hydrogen-bond acceptors (Lipinski definition) is 7. The molecule has 0 N–H and O–H groups in total. The maximum atomic E-state index is 12.4. The van der Waals surface area contributed by atoms with Gasteiger partial charge in [0.15, 0.2) is 6.04 Å². The summed E-state index contributed by atoms with van der Waals surface area (Å²) in [5.74, 6) is -0.0533. The number of hydrogen-bond donors (Lipinski definition) is 0. The molecule has 9 heteroatoms. The van der Waals surface area contributed by atoms with Crippen LogP contribution >= 0.6 is 11.8 Å². The molecule has 3 heterocycles. The number of rotatable bonds is 6. The first kappa shape index (κ1) is 19.5. The molecule has 1 unspecified atom stereocenters. The average Bonchev–Trinajstić information content (AvgIpc) is 3.09. The van der Waals surface area contributed by atoms with Crippen LogP contribution in [0.1, 0.15) is 19.8 Å². The van der Waals surface area contributed by atoms with Crippen molar-refractivity contribution in [1.29, 1.82) is 0 Å². The van der Waals surface area contributed by atoms with E-state index in [-0.39, 0.29) is 25.2 Å². The molecule has 1 aromatic rings. The fourth-order valence-electron chi connectivity index (χ4n) is 3.31. The lowest BCUT2D eigenvalue weighted by Gasteiger charge is -2.37. The van der Waals surface area contributed by atoms with Crippen molar-refractivity contribution in [2.75, 3.05) is 32.1 Å². The Bertz CT molecular complexity index is 679. The molecule has 146 valence electrons. The van der Waals surface area contributed by atoms with Crippen LogP contribution in [0, 0.1) is 0 Å². The Hall–Kier alpha value is -2.29. The quantitative estimate of drug-likeness (QED) is 0.535. The molecule has 2 amide bonds. The molecule has 0 saturated carbocycles. The first-order valence-electron chi connectivity index (χ1n) is 9.03. The minimum Gasteiger partial charge on any atom is -0.464 e. The second-order valence-electron chi connectivity index (χ2n) is 6.32. The van der Waals surface area contributed by atoms with Crippen LogP contribution in [0.3, 0.4) is 0 Å². The average molecular weight is 393 g/mol. The van der Waals surface area contributed by atoms with Crippen molar-refractivity contribution < 1.29 is 23.9 Å². The third-order valence-electron chi connectivity index (χ3n) is 4.66. The molecule has 0 bridgehead atoms. The topological polar surface area (TPSA) is 89.0 Å². The summed E-state index contributed by atoms with van der Waals surface area (Å²) in [5.41, 5.74) is 0. The number of piperidine rings is 1. The van der Waals surface area contributed by atoms with E-state index in [0.29, 0.717) is 31.7 Å². The molecule has 0 aliphatic carbocycles. The molecule has 0 spiro atoms. The lowest BCUT2D eigenvalue weighted by Crippen LogP contribution is -2.52. The number of aromatic nitrogens is 1. The third kappa shape index (κ3) is 4.71. The van der Waals surface area contributed by atoms with Crippen molar-refractivity contribution in [3.8, 4) is 0 Å². The Morgan fingerprint density at radius 1 is 1.33 bits per heavy atom. The predicted molar refractivity (Wildman–Crippen MR) is 98.2 cm³/mol. The van der Waals surface area contributed by atoms with Gasteiger partial charge in [0.25, 0.3) is 0 Å². The summed E-state index contributed by atoms with van der Waals surface area (Å²) < 4.78 is 10.1. The molecule has 27 heavy (non-hydrogen) atoms. The van der Waals surface area contributed by atoms with Gasteiger partial charge in [-0.15, -0.1) is 0 Å². The Balaban J connectivity index is 1.51. The van der Waals surface area contributed by atoms with E-state index >= 15 is 0 Å². The second-order valence-corrected chi connectivity index (χ2v) is 7.32. The van der Waals surface area contributed by atoms with Gasteiger partial charge in [-0.1, -0.05) is 17.8 Å². The number of likely N-dealkylation sites (tertiary alicyclic amines) is 1. The smallest absolute Gasteiger partial charge is 0.410 e. The fourth-order valence-corrected chi connectivity index (χ4v) is 4.07. The van der Waals surface area contributed by atoms with Crippen molar-refractivity contribution in [3.05, 3.63) is 24.4 Å². The highest BCUT2D eigenvalue weighted by Gasteiger charge is 2.44. The molecule has 1 atom stereocenters. The molecular weight excluding hydrogens is 370 g/mol. The van der Waals surface area contributed by atoms with Crippen LogP contribution < -0.4 is 0 Å². The predicted octanol–water partition coefficient (Wildman–Crippen LogP) is 1.55. The van der Waals surface area contributed by atoms with Crippen LogP contribution in [0.15, 0.2) is 29.4 Å². The van der Waals surface area contributed by atoms with Crippen LogP contribution in [0.5, 0.6) is 0 Å². The largest absolute Gasteiger partial charge is 0.464 e. The van der Waals surface area contributed by atoms with Crippen LogP contribution in [0.25, 0.3) is 0 Å². The van der Waals surface area contributed by atoms with E-state index in [4.69, 9.17) is 9.47 Å². The van der Waals surface area contributed by atoms with E-state index in [1.165, 1.54) is 16.7 Å². The Kier molecular flexibility index (Phi) is 6.54. The first-order chi connectivity index (χ1) is 13.1. The minimum atomic E-state index is -0.690. The zero-order chi connectivity index (χ0) is 19.2. The van der Waals surface area contributed by atoms with Crippen molar-refractivity contribution >= 4 is 29.7 Å². The number of cyclic esters (lactones) is 1. The maximum absolute atomic E-state index is 12.4. The highest BCUT2D eigenvalue weighted by Crippen LogP contribution is 2.25. The molecule has 2 aliphatic heterocycles. The second kappa shape index (κ2) is 9.07. The van der Waals surface area contributed by atoms with E-state index in [9.17, 15) is 14.4 Å². The zero-order valence-electron chi connectivity index (χ0n) is 15.2. The Morgan fingerprint density at radius 2 is 2.11 bits per heavy atom. The Morgan fingerprint density at radius 3 is 2.78 bits per heavy atom. The van der Waals surface area contributed by atoms with E-state index in [1.807, 2.05) is 18.2 Å². The van der Waals surface area contributed by atoms with Gasteiger partial charge in [0, 0.05) is 25.3 Å². The zero-order valence-corrected chi connectivity index (χ0v) is 16.0.